The molecule has 0 unspecified atom stereocenters. The number of nitrogens with zero attached hydrogens (tertiary/aromatic N) is 3. The van der Waals surface area contributed by atoms with Gasteiger partial charge in [0, 0.05) is 58.0 Å². The Kier molecular flexibility index (Phi) is 8.72. The minimum absolute atomic E-state index is 0.0480. The van der Waals surface area contributed by atoms with Gasteiger partial charge in [-0.1, -0.05) is 6.07 Å². The van der Waals surface area contributed by atoms with Crippen molar-refractivity contribution in [3.8, 4) is 0 Å². The van der Waals surface area contributed by atoms with Gasteiger partial charge < -0.3 is 20.1 Å². The second kappa shape index (κ2) is 11.3. The molecule has 0 saturated carbocycles. The minimum atomic E-state index is 0.0480. The summed E-state index contributed by atoms with van der Waals surface area (Å²) < 4.78 is 1.74. The number of pyridine rings is 1. The smallest absolute Gasteiger partial charge is 0.250 e. The number of hydrogen-bond donors (Lipinski definition) is 2. The van der Waals surface area contributed by atoms with Crippen molar-refractivity contribution in [2.45, 2.75) is 45.6 Å². The normalized spacial score (nSPS) is 14.7. The maximum atomic E-state index is 11.6. The van der Waals surface area contributed by atoms with E-state index >= 15 is 0 Å². The molecule has 1 fully saturated rings. The molecule has 144 valence electrons. The highest BCUT2D eigenvalue weighted by molar-refractivity contribution is 5.79. The van der Waals surface area contributed by atoms with Gasteiger partial charge in [-0.3, -0.25) is 14.6 Å². The molecule has 2 heterocycles. The van der Waals surface area contributed by atoms with Crippen molar-refractivity contribution in [1.82, 2.24) is 20.1 Å². The number of aromatic nitrogens is 1. The maximum Gasteiger partial charge on any atom is 0.250 e. The number of guanidine groups is 1. The fourth-order valence-electron chi connectivity index (χ4n) is 2.99. The fraction of sp³-hybridized carbons (Fsp3) is 0.632. The molecular formula is C19H31N5O2. The van der Waals surface area contributed by atoms with Crippen molar-refractivity contribution in [3.05, 3.63) is 34.7 Å². The average Bonchev–Trinajstić information content (AvgIpc) is 3.04. The van der Waals surface area contributed by atoms with Crippen LogP contribution in [0.25, 0.3) is 0 Å². The number of carbonyl (C=O) groups excluding carboxylic acids is 1. The van der Waals surface area contributed by atoms with Crippen molar-refractivity contribution in [3.63, 3.8) is 0 Å². The van der Waals surface area contributed by atoms with E-state index in [0.717, 1.165) is 64.4 Å². The lowest BCUT2D eigenvalue weighted by atomic mass is 10.3. The lowest BCUT2D eigenvalue weighted by Gasteiger charge is -2.15. The Hall–Kier alpha value is -2.31. The Labute approximate surface area is 155 Å². The van der Waals surface area contributed by atoms with Crippen molar-refractivity contribution in [1.29, 1.82) is 0 Å². The highest BCUT2D eigenvalue weighted by Gasteiger charge is 2.18. The molecule has 2 rings (SSSR count). The van der Waals surface area contributed by atoms with Gasteiger partial charge in [0.15, 0.2) is 5.96 Å². The minimum Gasteiger partial charge on any atom is -0.357 e. The van der Waals surface area contributed by atoms with Crippen molar-refractivity contribution in [2.75, 3.05) is 32.7 Å². The summed E-state index contributed by atoms with van der Waals surface area (Å²) in [6, 6.07) is 5.23. The molecule has 7 nitrogen and oxygen atoms in total. The summed E-state index contributed by atoms with van der Waals surface area (Å²) in [5.41, 5.74) is 0.0480. The molecule has 0 aromatic carbocycles. The van der Waals surface area contributed by atoms with Crippen LogP contribution < -0.4 is 16.2 Å². The average molecular weight is 361 g/mol. The van der Waals surface area contributed by atoms with Crippen LogP contribution in [-0.2, 0) is 11.3 Å². The standard InChI is InChI=1S/C19H31N5O2/c1-2-20-19(22-12-8-16-24-15-7-10-18(24)26)21-11-4-6-14-23-13-5-3-9-17(23)25/h3,5,9,13H,2,4,6-8,10-12,14-16H2,1H3,(H2,20,21,22). The number of aliphatic imine (C=N–C) groups is 1. The molecule has 7 heteroatoms. The lowest BCUT2D eigenvalue weighted by molar-refractivity contribution is -0.127. The number of carbonyl (C=O) groups is 1. The third-order valence-electron chi connectivity index (χ3n) is 4.39. The summed E-state index contributed by atoms with van der Waals surface area (Å²) in [6.07, 6.45) is 6.30. The van der Waals surface area contributed by atoms with Crippen LogP contribution in [-0.4, -0.2) is 54.1 Å². The van der Waals surface area contributed by atoms with E-state index in [0.29, 0.717) is 13.0 Å². The second-order valence-corrected chi connectivity index (χ2v) is 6.46. The third-order valence-corrected chi connectivity index (χ3v) is 4.39. The van der Waals surface area contributed by atoms with Crippen LogP contribution in [0.2, 0.25) is 0 Å². The number of unbranched alkanes of at least 4 members (excludes halogenated alkanes) is 1. The first-order valence-corrected chi connectivity index (χ1v) is 9.66. The molecule has 0 radical (unpaired) electrons. The van der Waals surface area contributed by atoms with Crippen LogP contribution in [0.3, 0.4) is 0 Å². The first kappa shape index (κ1) is 20.0. The van der Waals surface area contributed by atoms with Gasteiger partial charge in [0.2, 0.25) is 11.5 Å². The molecule has 2 N–H and O–H groups in total. The highest BCUT2D eigenvalue weighted by atomic mass is 16.2. The molecule has 1 saturated heterocycles. The van der Waals surface area contributed by atoms with E-state index in [2.05, 4.69) is 15.6 Å². The fourth-order valence-corrected chi connectivity index (χ4v) is 2.99. The van der Waals surface area contributed by atoms with Crippen molar-refractivity contribution in [2.24, 2.45) is 4.99 Å². The van der Waals surface area contributed by atoms with Gasteiger partial charge >= 0.3 is 0 Å². The molecule has 0 atom stereocenters. The monoisotopic (exact) mass is 361 g/mol. The molecule has 0 bridgehead atoms. The van der Waals surface area contributed by atoms with Crippen LogP contribution in [0.1, 0.15) is 39.0 Å². The van der Waals surface area contributed by atoms with Gasteiger partial charge in [-0.05, 0) is 38.7 Å². The third kappa shape index (κ3) is 6.90. The number of hydrogen-bond acceptors (Lipinski definition) is 3. The van der Waals surface area contributed by atoms with E-state index < -0.39 is 0 Å². The summed E-state index contributed by atoms with van der Waals surface area (Å²) in [4.78, 5) is 29.7. The van der Waals surface area contributed by atoms with E-state index in [4.69, 9.17) is 0 Å². The molecule has 0 spiro atoms. The van der Waals surface area contributed by atoms with Crippen LogP contribution in [0, 0.1) is 0 Å². The molecular weight excluding hydrogens is 330 g/mol. The molecule has 26 heavy (non-hydrogen) atoms. The number of aryl methyl sites for hydroxylation is 1. The van der Waals surface area contributed by atoms with Crippen LogP contribution >= 0.6 is 0 Å². The predicted octanol–water partition coefficient (Wildman–Crippen LogP) is 1.20. The Bertz CT molecular complexity index is 641. The maximum absolute atomic E-state index is 11.6. The zero-order valence-electron chi connectivity index (χ0n) is 15.7. The first-order valence-electron chi connectivity index (χ1n) is 9.66. The van der Waals surface area contributed by atoms with E-state index in [1.165, 1.54) is 0 Å². The van der Waals surface area contributed by atoms with Crippen LogP contribution in [0.5, 0.6) is 0 Å². The van der Waals surface area contributed by atoms with Gasteiger partial charge in [0.25, 0.3) is 0 Å². The summed E-state index contributed by atoms with van der Waals surface area (Å²) in [6.45, 7) is 6.81. The molecule has 1 aromatic heterocycles. The zero-order valence-corrected chi connectivity index (χ0v) is 15.7. The number of nitrogens with one attached hydrogen (secondary N) is 2. The van der Waals surface area contributed by atoms with Crippen molar-refractivity contribution < 1.29 is 4.79 Å². The highest BCUT2D eigenvalue weighted by Crippen LogP contribution is 2.09. The summed E-state index contributed by atoms with van der Waals surface area (Å²) in [5, 5.41) is 6.57. The summed E-state index contributed by atoms with van der Waals surface area (Å²) in [5.74, 6) is 1.09. The largest absolute Gasteiger partial charge is 0.357 e. The number of rotatable bonds is 10. The molecule has 1 aliphatic heterocycles. The Balaban J connectivity index is 1.62. The van der Waals surface area contributed by atoms with Gasteiger partial charge in [-0.15, -0.1) is 0 Å². The lowest BCUT2D eigenvalue weighted by Crippen LogP contribution is -2.38. The SMILES string of the molecule is CCNC(=NCCCN1CCCC1=O)NCCCCn1ccccc1=O. The second-order valence-electron chi connectivity index (χ2n) is 6.46. The van der Waals surface area contributed by atoms with E-state index in [1.54, 1.807) is 16.7 Å². The Morgan fingerprint density at radius 2 is 2.04 bits per heavy atom. The Morgan fingerprint density at radius 1 is 1.15 bits per heavy atom. The summed E-state index contributed by atoms with van der Waals surface area (Å²) >= 11 is 0. The molecule has 1 aliphatic rings. The Morgan fingerprint density at radius 3 is 2.77 bits per heavy atom. The zero-order chi connectivity index (χ0) is 18.6. The topological polar surface area (TPSA) is 78.7 Å². The molecule has 1 aromatic rings. The van der Waals surface area contributed by atoms with Crippen LogP contribution in [0.4, 0.5) is 0 Å². The number of likely N-dealkylation sites (tertiary alicyclic amines) is 1. The molecule has 1 amide bonds. The quantitative estimate of drug-likeness (QED) is 0.373. The van der Waals surface area contributed by atoms with E-state index in [9.17, 15) is 9.59 Å². The van der Waals surface area contributed by atoms with Crippen LogP contribution in [0.15, 0.2) is 34.2 Å². The van der Waals surface area contributed by atoms with Gasteiger partial charge in [-0.2, -0.15) is 0 Å². The van der Waals surface area contributed by atoms with Gasteiger partial charge in [0.05, 0.1) is 0 Å². The predicted molar refractivity (Wildman–Crippen MR) is 104 cm³/mol. The molecule has 0 aliphatic carbocycles. The van der Waals surface area contributed by atoms with Gasteiger partial charge in [-0.25, -0.2) is 0 Å². The van der Waals surface area contributed by atoms with E-state index in [1.807, 2.05) is 24.1 Å². The van der Waals surface area contributed by atoms with Gasteiger partial charge in [0.1, 0.15) is 0 Å². The number of amides is 1. The summed E-state index contributed by atoms with van der Waals surface area (Å²) in [7, 11) is 0. The van der Waals surface area contributed by atoms with Crippen molar-refractivity contribution >= 4 is 11.9 Å². The van der Waals surface area contributed by atoms with E-state index in [-0.39, 0.29) is 11.5 Å². The first-order chi connectivity index (χ1) is 12.7.